The van der Waals surface area contributed by atoms with E-state index in [0.29, 0.717) is 19.6 Å². The smallest absolute Gasteiger partial charge is 0.0820 e. The van der Waals surface area contributed by atoms with Crippen LogP contribution < -0.4 is 5.73 Å². The van der Waals surface area contributed by atoms with Crippen LogP contribution in [0.25, 0.3) is 0 Å². The minimum atomic E-state index is -0.521. The number of benzene rings is 1. The number of ether oxygens (including phenoxy) is 1. The van der Waals surface area contributed by atoms with E-state index in [-0.39, 0.29) is 6.04 Å². The van der Waals surface area contributed by atoms with Gasteiger partial charge >= 0.3 is 0 Å². The maximum atomic E-state index is 10.1. The zero-order valence-electron chi connectivity index (χ0n) is 12.0. The van der Waals surface area contributed by atoms with E-state index in [2.05, 4.69) is 0 Å². The molecule has 0 heterocycles. The number of likely N-dealkylation sites (N-methyl/N-ethyl adjacent to an activating group) is 1. The Kier molecular flexibility index (Phi) is 7.67. The molecule has 0 aromatic heterocycles. The standard InChI is InChI=1S/C15H26N2O2/c1-3-19-10-9-17(2)12-15(18)14(16)11-13-7-5-4-6-8-13/h4-8,14-15,18H,3,9-12,16H2,1-2H3. The Hall–Kier alpha value is -0.940. The first-order valence-electron chi connectivity index (χ1n) is 6.87. The summed E-state index contributed by atoms with van der Waals surface area (Å²) in [5.41, 5.74) is 7.20. The third-order valence-corrected chi connectivity index (χ3v) is 3.13. The average molecular weight is 266 g/mol. The van der Waals surface area contributed by atoms with E-state index < -0.39 is 6.10 Å². The van der Waals surface area contributed by atoms with Crippen molar-refractivity contribution in [3.05, 3.63) is 35.9 Å². The summed E-state index contributed by atoms with van der Waals surface area (Å²) in [4.78, 5) is 2.05. The summed E-state index contributed by atoms with van der Waals surface area (Å²) < 4.78 is 5.29. The van der Waals surface area contributed by atoms with Crippen LogP contribution in [0.3, 0.4) is 0 Å². The molecule has 0 aliphatic heterocycles. The molecule has 0 spiro atoms. The Morgan fingerprint density at radius 2 is 2.00 bits per heavy atom. The summed E-state index contributed by atoms with van der Waals surface area (Å²) in [6.45, 7) is 4.77. The monoisotopic (exact) mass is 266 g/mol. The molecule has 2 unspecified atom stereocenters. The third kappa shape index (κ3) is 6.68. The van der Waals surface area contributed by atoms with Gasteiger partial charge in [0.05, 0.1) is 12.7 Å². The topological polar surface area (TPSA) is 58.7 Å². The number of hydrogen-bond donors (Lipinski definition) is 2. The second-order valence-electron chi connectivity index (χ2n) is 4.88. The molecule has 0 saturated carbocycles. The molecule has 3 N–H and O–H groups in total. The molecule has 0 saturated heterocycles. The van der Waals surface area contributed by atoms with Crippen LogP contribution in [0.1, 0.15) is 12.5 Å². The lowest BCUT2D eigenvalue weighted by Gasteiger charge is -2.24. The predicted octanol–water partition coefficient (Wildman–Crippen LogP) is 0.886. The van der Waals surface area contributed by atoms with E-state index in [9.17, 15) is 5.11 Å². The molecule has 0 radical (unpaired) electrons. The molecule has 0 aliphatic rings. The molecule has 2 atom stereocenters. The lowest BCUT2D eigenvalue weighted by Crippen LogP contribution is -2.44. The zero-order chi connectivity index (χ0) is 14.1. The summed E-state index contributed by atoms with van der Waals surface area (Å²) in [5.74, 6) is 0. The molecule has 19 heavy (non-hydrogen) atoms. The quantitative estimate of drug-likeness (QED) is 0.652. The summed E-state index contributed by atoms with van der Waals surface area (Å²) >= 11 is 0. The highest BCUT2D eigenvalue weighted by Gasteiger charge is 2.17. The van der Waals surface area contributed by atoms with Gasteiger partial charge in [-0.25, -0.2) is 0 Å². The highest BCUT2D eigenvalue weighted by Crippen LogP contribution is 2.05. The van der Waals surface area contributed by atoms with Gasteiger partial charge in [-0.05, 0) is 26.0 Å². The first-order chi connectivity index (χ1) is 9.13. The Bertz CT molecular complexity index is 332. The summed E-state index contributed by atoms with van der Waals surface area (Å²) in [7, 11) is 1.97. The van der Waals surface area contributed by atoms with E-state index in [0.717, 1.165) is 18.7 Å². The van der Waals surface area contributed by atoms with E-state index in [4.69, 9.17) is 10.5 Å². The van der Waals surface area contributed by atoms with Gasteiger partial charge in [-0.2, -0.15) is 0 Å². The Morgan fingerprint density at radius 1 is 1.32 bits per heavy atom. The zero-order valence-corrected chi connectivity index (χ0v) is 12.0. The fourth-order valence-electron chi connectivity index (χ4n) is 1.93. The number of nitrogens with two attached hydrogens (primary N) is 1. The van der Waals surface area contributed by atoms with Crippen LogP contribution in [0.5, 0.6) is 0 Å². The fraction of sp³-hybridized carbons (Fsp3) is 0.600. The first-order valence-corrected chi connectivity index (χ1v) is 6.87. The van der Waals surface area contributed by atoms with Gasteiger partial charge in [0.25, 0.3) is 0 Å². The van der Waals surface area contributed by atoms with Gasteiger partial charge in [-0.15, -0.1) is 0 Å². The summed E-state index contributed by atoms with van der Waals surface area (Å²) in [6.07, 6.45) is 0.174. The molecule has 0 aliphatic carbocycles. The number of rotatable bonds is 9. The Morgan fingerprint density at radius 3 is 2.63 bits per heavy atom. The van der Waals surface area contributed by atoms with Crippen LogP contribution in [0, 0.1) is 0 Å². The van der Waals surface area contributed by atoms with Crippen LogP contribution in [-0.2, 0) is 11.2 Å². The number of aliphatic hydroxyl groups is 1. The van der Waals surface area contributed by atoms with Crippen LogP contribution in [0.4, 0.5) is 0 Å². The normalized spacial score (nSPS) is 14.6. The van der Waals surface area contributed by atoms with Crippen LogP contribution in [0.15, 0.2) is 30.3 Å². The van der Waals surface area contributed by atoms with Crippen molar-refractivity contribution in [2.75, 3.05) is 33.4 Å². The third-order valence-electron chi connectivity index (χ3n) is 3.13. The van der Waals surface area contributed by atoms with Crippen LogP contribution >= 0.6 is 0 Å². The number of aliphatic hydroxyl groups excluding tert-OH is 1. The first kappa shape index (κ1) is 16.1. The van der Waals surface area contributed by atoms with Gasteiger partial charge < -0.3 is 20.5 Å². The lowest BCUT2D eigenvalue weighted by atomic mass is 10.0. The maximum Gasteiger partial charge on any atom is 0.0820 e. The average Bonchev–Trinajstić information content (AvgIpc) is 2.40. The minimum absolute atomic E-state index is 0.239. The molecular formula is C15H26N2O2. The van der Waals surface area contributed by atoms with Gasteiger partial charge in [0.2, 0.25) is 0 Å². The van der Waals surface area contributed by atoms with Gasteiger partial charge in [0.1, 0.15) is 0 Å². The van der Waals surface area contributed by atoms with Crippen molar-refractivity contribution in [2.24, 2.45) is 5.73 Å². The largest absolute Gasteiger partial charge is 0.390 e. The van der Waals surface area contributed by atoms with Gasteiger partial charge in [-0.1, -0.05) is 30.3 Å². The van der Waals surface area contributed by atoms with Crippen molar-refractivity contribution < 1.29 is 9.84 Å². The Labute approximate surface area is 116 Å². The summed E-state index contributed by atoms with van der Waals surface area (Å²) in [5, 5.41) is 10.1. The van der Waals surface area contributed by atoms with Crippen LogP contribution in [-0.4, -0.2) is 55.5 Å². The number of nitrogens with zero attached hydrogens (tertiary/aromatic N) is 1. The molecule has 1 aromatic carbocycles. The minimum Gasteiger partial charge on any atom is -0.390 e. The molecule has 1 aromatic rings. The van der Waals surface area contributed by atoms with Crippen LogP contribution in [0.2, 0.25) is 0 Å². The second kappa shape index (κ2) is 9.04. The lowest BCUT2D eigenvalue weighted by molar-refractivity contribution is 0.0768. The molecule has 108 valence electrons. The Balaban J connectivity index is 2.30. The van der Waals surface area contributed by atoms with E-state index in [1.807, 2.05) is 49.2 Å². The van der Waals surface area contributed by atoms with Gasteiger partial charge in [-0.3, -0.25) is 0 Å². The molecule has 0 fully saturated rings. The van der Waals surface area contributed by atoms with Crippen molar-refractivity contribution in [1.82, 2.24) is 4.90 Å². The maximum absolute atomic E-state index is 10.1. The predicted molar refractivity (Wildman–Crippen MR) is 78.1 cm³/mol. The van der Waals surface area contributed by atoms with Crippen molar-refractivity contribution in [3.63, 3.8) is 0 Å². The fourth-order valence-corrected chi connectivity index (χ4v) is 1.93. The molecular weight excluding hydrogens is 240 g/mol. The van der Waals surface area contributed by atoms with Crippen molar-refractivity contribution in [3.8, 4) is 0 Å². The molecule has 0 bridgehead atoms. The van der Waals surface area contributed by atoms with Crippen molar-refractivity contribution in [2.45, 2.75) is 25.5 Å². The molecule has 0 amide bonds. The van der Waals surface area contributed by atoms with Crippen molar-refractivity contribution >= 4 is 0 Å². The van der Waals surface area contributed by atoms with Gasteiger partial charge in [0.15, 0.2) is 0 Å². The highest BCUT2D eigenvalue weighted by atomic mass is 16.5. The van der Waals surface area contributed by atoms with E-state index >= 15 is 0 Å². The molecule has 4 heteroatoms. The van der Waals surface area contributed by atoms with E-state index in [1.54, 1.807) is 0 Å². The van der Waals surface area contributed by atoms with Crippen molar-refractivity contribution in [1.29, 1.82) is 0 Å². The van der Waals surface area contributed by atoms with E-state index in [1.165, 1.54) is 0 Å². The number of hydrogen-bond acceptors (Lipinski definition) is 4. The SMILES string of the molecule is CCOCCN(C)CC(O)C(N)Cc1ccccc1. The van der Waals surface area contributed by atoms with Gasteiger partial charge in [0, 0.05) is 25.7 Å². The highest BCUT2D eigenvalue weighted by molar-refractivity contribution is 5.16. The second-order valence-corrected chi connectivity index (χ2v) is 4.88. The molecule has 1 rings (SSSR count). The molecule has 4 nitrogen and oxygen atoms in total. The summed E-state index contributed by atoms with van der Waals surface area (Å²) in [6, 6.07) is 9.78.